The fourth-order valence-electron chi connectivity index (χ4n) is 2.48. The molecule has 0 bridgehead atoms. The maximum atomic E-state index is 9.55. The number of carboxylic acids is 2. The van der Waals surface area contributed by atoms with Crippen LogP contribution < -0.4 is 10.2 Å². The lowest BCUT2D eigenvalue weighted by atomic mass is 10.1. The third kappa shape index (κ3) is 4.19. The molecule has 0 aliphatic carbocycles. The lowest BCUT2D eigenvalue weighted by Gasteiger charge is -2.31. The zero-order chi connectivity index (χ0) is 16.1. The highest BCUT2D eigenvalue weighted by Crippen LogP contribution is 2.31. The summed E-state index contributed by atoms with van der Waals surface area (Å²) in [6.07, 6.45) is 2.22. The molecule has 0 radical (unpaired) electrons. The minimum Gasteiger partial charge on any atom is -0.478 e. The maximum Gasteiger partial charge on any atom is 0.328 e. The zero-order valence-corrected chi connectivity index (χ0v) is 12.5. The number of aliphatic carboxylic acids is 2. The van der Waals surface area contributed by atoms with Crippen molar-refractivity contribution in [1.29, 1.82) is 0 Å². The molecule has 3 N–H and O–H groups in total. The average molecular weight is 326 g/mol. The smallest absolute Gasteiger partial charge is 0.328 e. The molecule has 0 spiro atoms. The Hall–Kier alpha value is -2.12. The Labute approximate surface area is 132 Å². The molecule has 1 unspecified atom stereocenters. The molecule has 118 valence electrons. The number of piperazine rings is 1. The highest BCUT2D eigenvalue weighted by Gasteiger charge is 2.32. The number of carbonyl (C=O) groups is 2. The SMILES string of the molecule is Clc1ccc2c(n1)N1CCNCC1C2.O=C(O)/C=C/C(=O)O. The van der Waals surface area contributed by atoms with Crippen molar-refractivity contribution in [2.75, 3.05) is 24.5 Å². The van der Waals surface area contributed by atoms with Crippen molar-refractivity contribution in [3.05, 3.63) is 35.0 Å². The van der Waals surface area contributed by atoms with Crippen LogP contribution in [0.3, 0.4) is 0 Å². The first kappa shape index (κ1) is 16.3. The second kappa shape index (κ2) is 7.24. The normalized spacial score (nSPS) is 19.1. The first-order valence-corrected chi connectivity index (χ1v) is 7.12. The molecule has 2 aliphatic heterocycles. The largest absolute Gasteiger partial charge is 0.478 e. The molecule has 2 aliphatic rings. The van der Waals surface area contributed by atoms with Crippen molar-refractivity contribution in [2.45, 2.75) is 12.5 Å². The van der Waals surface area contributed by atoms with Crippen LogP contribution in [0.2, 0.25) is 5.15 Å². The number of anilines is 1. The van der Waals surface area contributed by atoms with E-state index in [0.717, 1.165) is 31.9 Å². The summed E-state index contributed by atoms with van der Waals surface area (Å²) < 4.78 is 0. The van der Waals surface area contributed by atoms with E-state index in [-0.39, 0.29) is 0 Å². The topological polar surface area (TPSA) is 103 Å². The molecular weight excluding hydrogens is 310 g/mol. The predicted octanol–water partition coefficient (Wildman–Crippen LogP) is 0.781. The van der Waals surface area contributed by atoms with Crippen molar-refractivity contribution in [3.8, 4) is 0 Å². The van der Waals surface area contributed by atoms with Gasteiger partial charge in [-0.2, -0.15) is 0 Å². The summed E-state index contributed by atoms with van der Waals surface area (Å²) in [6.45, 7) is 3.16. The fraction of sp³-hybridized carbons (Fsp3) is 0.357. The van der Waals surface area contributed by atoms with E-state index < -0.39 is 11.9 Å². The Morgan fingerprint density at radius 1 is 1.32 bits per heavy atom. The number of carboxylic acid groups (broad SMARTS) is 2. The van der Waals surface area contributed by atoms with Crippen LogP contribution in [0.5, 0.6) is 0 Å². The third-order valence-electron chi connectivity index (χ3n) is 3.37. The molecule has 3 rings (SSSR count). The summed E-state index contributed by atoms with van der Waals surface area (Å²) in [7, 11) is 0. The number of aromatic nitrogens is 1. The molecule has 0 amide bonds. The van der Waals surface area contributed by atoms with Gasteiger partial charge in [0.25, 0.3) is 0 Å². The van der Waals surface area contributed by atoms with Crippen LogP contribution in [0.4, 0.5) is 5.82 Å². The average Bonchev–Trinajstić information content (AvgIpc) is 2.84. The molecule has 7 nitrogen and oxygen atoms in total. The van der Waals surface area contributed by atoms with Gasteiger partial charge in [0.05, 0.1) is 0 Å². The molecular formula is C14H16ClN3O4. The molecule has 8 heteroatoms. The highest BCUT2D eigenvalue weighted by molar-refractivity contribution is 6.29. The van der Waals surface area contributed by atoms with Crippen molar-refractivity contribution < 1.29 is 19.8 Å². The van der Waals surface area contributed by atoms with E-state index in [1.54, 1.807) is 0 Å². The number of nitrogens with one attached hydrogen (secondary N) is 1. The lowest BCUT2D eigenvalue weighted by molar-refractivity contribution is -0.134. The molecule has 0 saturated carbocycles. The van der Waals surface area contributed by atoms with Crippen LogP contribution in [0.15, 0.2) is 24.3 Å². The van der Waals surface area contributed by atoms with Gasteiger partial charge in [-0.15, -0.1) is 0 Å². The molecule has 0 aromatic carbocycles. The Balaban J connectivity index is 0.000000192. The molecule has 1 atom stereocenters. The van der Waals surface area contributed by atoms with Crippen molar-refractivity contribution >= 4 is 29.4 Å². The number of pyridine rings is 1. The predicted molar refractivity (Wildman–Crippen MR) is 81.4 cm³/mol. The second-order valence-corrected chi connectivity index (χ2v) is 5.27. The van der Waals surface area contributed by atoms with Gasteiger partial charge in [0.1, 0.15) is 11.0 Å². The Bertz CT molecular complexity index is 590. The van der Waals surface area contributed by atoms with Crippen LogP contribution in [-0.4, -0.2) is 52.8 Å². The van der Waals surface area contributed by atoms with Crippen molar-refractivity contribution in [3.63, 3.8) is 0 Å². The third-order valence-corrected chi connectivity index (χ3v) is 3.58. The van der Waals surface area contributed by atoms with Crippen LogP contribution in [-0.2, 0) is 16.0 Å². The van der Waals surface area contributed by atoms with Crippen molar-refractivity contribution in [2.24, 2.45) is 0 Å². The van der Waals surface area contributed by atoms with Gasteiger partial charge in [-0.05, 0) is 18.1 Å². The first-order chi connectivity index (χ1) is 10.5. The Morgan fingerprint density at radius 3 is 2.64 bits per heavy atom. The molecule has 3 heterocycles. The summed E-state index contributed by atoms with van der Waals surface area (Å²) in [5.41, 5.74) is 1.34. The fourth-order valence-corrected chi connectivity index (χ4v) is 2.62. The standard InChI is InChI=1S/C10H12ClN3.C4H4O4/c11-9-2-1-7-5-8-6-12-3-4-14(8)10(7)13-9;5-3(6)1-2-4(7)8/h1-2,8,12H,3-6H2;1-2H,(H,5,6)(H,7,8)/b;2-1+. The van der Waals surface area contributed by atoms with Crippen LogP contribution in [0.25, 0.3) is 0 Å². The van der Waals surface area contributed by atoms with Crippen LogP contribution in [0, 0.1) is 0 Å². The summed E-state index contributed by atoms with van der Waals surface area (Å²) in [5.74, 6) is -1.41. The molecule has 22 heavy (non-hydrogen) atoms. The van der Waals surface area contributed by atoms with Gasteiger partial charge in [0.15, 0.2) is 0 Å². The first-order valence-electron chi connectivity index (χ1n) is 6.74. The van der Waals surface area contributed by atoms with E-state index in [9.17, 15) is 9.59 Å². The second-order valence-electron chi connectivity index (χ2n) is 4.88. The number of nitrogens with zero attached hydrogens (tertiary/aromatic N) is 2. The van der Waals surface area contributed by atoms with Gasteiger partial charge < -0.3 is 20.4 Å². The van der Waals surface area contributed by atoms with E-state index in [1.165, 1.54) is 5.56 Å². The number of halogens is 1. The number of fused-ring (bicyclic) bond motifs is 3. The van der Waals surface area contributed by atoms with E-state index in [2.05, 4.69) is 21.3 Å². The lowest BCUT2D eigenvalue weighted by Crippen LogP contribution is -2.49. The van der Waals surface area contributed by atoms with E-state index in [4.69, 9.17) is 21.8 Å². The van der Waals surface area contributed by atoms with E-state index in [1.807, 2.05) is 6.07 Å². The van der Waals surface area contributed by atoms with E-state index >= 15 is 0 Å². The van der Waals surface area contributed by atoms with Gasteiger partial charge in [-0.25, -0.2) is 14.6 Å². The monoisotopic (exact) mass is 325 g/mol. The number of hydrogen-bond acceptors (Lipinski definition) is 5. The molecule has 1 aromatic rings. The number of hydrogen-bond donors (Lipinski definition) is 3. The Morgan fingerprint density at radius 2 is 2.00 bits per heavy atom. The minimum atomic E-state index is -1.26. The summed E-state index contributed by atoms with van der Waals surface area (Å²) in [5, 5.41) is 19.6. The molecule has 1 aromatic heterocycles. The van der Waals surface area contributed by atoms with Crippen LogP contribution in [0.1, 0.15) is 5.56 Å². The van der Waals surface area contributed by atoms with Gasteiger partial charge in [-0.1, -0.05) is 17.7 Å². The highest BCUT2D eigenvalue weighted by atomic mass is 35.5. The minimum absolute atomic E-state index is 0.558. The maximum absolute atomic E-state index is 9.55. The summed E-state index contributed by atoms with van der Waals surface area (Å²) in [4.78, 5) is 25.9. The van der Waals surface area contributed by atoms with Crippen molar-refractivity contribution in [1.82, 2.24) is 10.3 Å². The van der Waals surface area contributed by atoms with Gasteiger partial charge in [-0.3, -0.25) is 0 Å². The zero-order valence-electron chi connectivity index (χ0n) is 11.7. The molecule has 1 fully saturated rings. The van der Waals surface area contributed by atoms with Gasteiger partial charge >= 0.3 is 11.9 Å². The number of rotatable bonds is 2. The van der Waals surface area contributed by atoms with Gasteiger partial charge in [0.2, 0.25) is 0 Å². The van der Waals surface area contributed by atoms with Crippen LogP contribution >= 0.6 is 11.6 Å². The molecule has 1 saturated heterocycles. The quantitative estimate of drug-likeness (QED) is 0.545. The summed E-state index contributed by atoms with van der Waals surface area (Å²) in [6, 6.07) is 4.57. The Kier molecular flexibility index (Phi) is 5.35. The van der Waals surface area contributed by atoms with E-state index in [0.29, 0.717) is 23.3 Å². The summed E-state index contributed by atoms with van der Waals surface area (Å²) >= 11 is 5.90. The van der Waals surface area contributed by atoms with Gasteiger partial charge in [0, 0.05) is 37.8 Å².